The smallest absolute Gasteiger partial charge is 0.248 e. The molecule has 1 aliphatic carbocycles. The number of hydrogen-bond donors (Lipinski definition) is 1. The van der Waals surface area contributed by atoms with Gasteiger partial charge in [-0.05, 0) is 37.1 Å². The Labute approximate surface area is 113 Å². The first-order valence-electron chi connectivity index (χ1n) is 5.82. The summed E-state index contributed by atoms with van der Waals surface area (Å²) < 4.78 is 27.0. The highest BCUT2D eigenvalue weighted by Crippen LogP contribution is 2.39. The molecule has 0 heterocycles. The molecule has 2 nitrogen and oxygen atoms in total. The molecule has 18 heavy (non-hydrogen) atoms. The first-order chi connectivity index (χ1) is 8.37. The minimum atomic E-state index is -2.68. The zero-order chi connectivity index (χ0) is 13.3. The molecule has 98 valence electrons. The van der Waals surface area contributed by atoms with E-state index in [1.165, 1.54) is 0 Å². The van der Waals surface area contributed by atoms with Crippen LogP contribution in [-0.2, 0) is 4.79 Å². The monoisotopic (exact) mass is 317 g/mol. The average Bonchev–Trinajstić information content (AvgIpc) is 2.64. The van der Waals surface area contributed by atoms with Gasteiger partial charge >= 0.3 is 0 Å². The fourth-order valence-electron chi connectivity index (χ4n) is 2.14. The quantitative estimate of drug-likeness (QED) is 0.873. The predicted molar refractivity (Wildman–Crippen MR) is 69.8 cm³/mol. The molecule has 1 N–H and O–H groups in total. The van der Waals surface area contributed by atoms with Crippen LogP contribution in [0, 0.1) is 12.8 Å². The molecule has 1 amide bonds. The molecule has 1 saturated carbocycles. The summed E-state index contributed by atoms with van der Waals surface area (Å²) in [5, 5.41) is 2.70. The summed E-state index contributed by atoms with van der Waals surface area (Å²) in [5.74, 6) is -3.57. The van der Waals surface area contributed by atoms with E-state index < -0.39 is 11.8 Å². The lowest BCUT2D eigenvalue weighted by molar-refractivity contribution is -0.120. The molecule has 0 bridgehead atoms. The van der Waals surface area contributed by atoms with Gasteiger partial charge in [0.05, 0.1) is 0 Å². The summed E-state index contributed by atoms with van der Waals surface area (Å²) in [6, 6.07) is 5.39. The molecule has 0 aromatic heterocycles. The molecule has 1 aliphatic rings. The zero-order valence-corrected chi connectivity index (χ0v) is 11.6. The second kappa shape index (κ2) is 4.96. The van der Waals surface area contributed by atoms with Crippen LogP contribution in [0.2, 0.25) is 0 Å². The number of anilines is 1. The summed E-state index contributed by atoms with van der Waals surface area (Å²) >= 11 is 3.36. The number of benzene rings is 1. The molecule has 0 saturated heterocycles. The highest BCUT2D eigenvalue weighted by Gasteiger charge is 2.42. The van der Waals surface area contributed by atoms with Crippen molar-refractivity contribution in [3.05, 3.63) is 28.2 Å². The molecule has 1 aromatic carbocycles. The van der Waals surface area contributed by atoms with Crippen LogP contribution >= 0.6 is 15.9 Å². The first-order valence-corrected chi connectivity index (χ1v) is 6.61. The maximum Gasteiger partial charge on any atom is 0.248 e. The summed E-state index contributed by atoms with van der Waals surface area (Å²) in [7, 11) is 0. The Bertz CT molecular complexity index is 476. The van der Waals surface area contributed by atoms with Crippen molar-refractivity contribution in [2.75, 3.05) is 5.32 Å². The molecule has 2 rings (SSSR count). The van der Waals surface area contributed by atoms with E-state index in [1.54, 1.807) is 6.07 Å². The summed E-state index contributed by atoms with van der Waals surface area (Å²) in [6.07, 6.45) is -0.271. The molecule has 1 aromatic rings. The van der Waals surface area contributed by atoms with Gasteiger partial charge in [0.2, 0.25) is 11.8 Å². The number of carbonyl (C=O) groups excluding carboxylic acids is 1. The number of nitrogens with one attached hydrogen (secondary N) is 1. The lowest BCUT2D eigenvalue weighted by Gasteiger charge is -2.12. The zero-order valence-electron chi connectivity index (χ0n) is 9.97. The van der Waals surface area contributed by atoms with E-state index in [4.69, 9.17) is 0 Å². The Morgan fingerprint density at radius 1 is 1.50 bits per heavy atom. The molecule has 0 radical (unpaired) electrons. The van der Waals surface area contributed by atoms with Gasteiger partial charge in [-0.15, -0.1) is 0 Å². The third kappa shape index (κ3) is 3.07. The first kappa shape index (κ1) is 13.5. The van der Waals surface area contributed by atoms with Crippen LogP contribution in [0.4, 0.5) is 14.5 Å². The van der Waals surface area contributed by atoms with Crippen molar-refractivity contribution in [3.8, 4) is 0 Å². The third-order valence-corrected chi connectivity index (χ3v) is 4.09. The lowest BCUT2D eigenvalue weighted by atomic mass is 10.1. The SMILES string of the molecule is Cc1cc(NC(=O)C2CCC(F)(F)C2)ccc1Br. The van der Waals surface area contributed by atoms with Crippen molar-refractivity contribution < 1.29 is 13.6 Å². The van der Waals surface area contributed by atoms with E-state index in [9.17, 15) is 13.6 Å². The number of carbonyl (C=O) groups is 1. The van der Waals surface area contributed by atoms with Crippen molar-refractivity contribution in [1.29, 1.82) is 0 Å². The van der Waals surface area contributed by atoms with Crippen molar-refractivity contribution in [2.45, 2.75) is 32.1 Å². The highest BCUT2D eigenvalue weighted by atomic mass is 79.9. The van der Waals surface area contributed by atoms with Gasteiger partial charge in [-0.1, -0.05) is 15.9 Å². The summed E-state index contributed by atoms with van der Waals surface area (Å²) in [4.78, 5) is 11.8. The fourth-order valence-corrected chi connectivity index (χ4v) is 2.39. The maximum atomic E-state index is 13.0. The topological polar surface area (TPSA) is 29.1 Å². The molecule has 1 unspecified atom stereocenters. The van der Waals surface area contributed by atoms with E-state index >= 15 is 0 Å². The fraction of sp³-hybridized carbons (Fsp3) is 0.462. The van der Waals surface area contributed by atoms with Gasteiger partial charge in [0.1, 0.15) is 0 Å². The summed E-state index contributed by atoms with van der Waals surface area (Å²) in [6.45, 7) is 1.91. The van der Waals surface area contributed by atoms with Gasteiger partial charge in [-0.25, -0.2) is 8.78 Å². The van der Waals surface area contributed by atoms with Crippen molar-refractivity contribution in [2.24, 2.45) is 5.92 Å². The van der Waals surface area contributed by atoms with Gasteiger partial charge in [0.25, 0.3) is 0 Å². The lowest BCUT2D eigenvalue weighted by Crippen LogP contribution is -2.22. The Morgan fingerprint density at radius 2 is 2.22 bits per heavy atom. The van der Waals surface area contributed by atoms with Crippen LogP contribution in [0.15, 0.2) is 22.7 Å². The highest BCUT2D eigenvalue weighted by molar-refractivity contribution is 9.10. The van der Waals surface area contributed by atoms with Gasteiger partial charge in [-0.3, -0.25) is 4.79 Å². The van der Waals surface area contributed by atoms with E-state index in [0.29, 0.717) is 5.69 Å². The van der Waals surface area contributed by atoms with Gasteiger partial charge in [-0.2, -0.15) is 0 Å². The predicted octanol–water partition coefficient (Wildman–Crippen LogP) is 4.13. The van der Waals surface area contributed by atoms with Crippen molar-refractivity contribution in [3.63, 3.8) is 0 Å². The van der Waals surface area contributed by atoms with Crippen LogP contribution in [0.3, 0.4) is 0 Å². The van der Waals surface area contributed by atoms with Crippen LogP contribution in [0.25, 0.3) is 0 Å². The molecule has 0 aliphatic heterocycles. The van der Waals surface area contributed by atoms with Gasteiger partial charge in [0, 0.05) is 28.9 Å². The maximum absolute atomic E-state index is 13.0. The molecular weight excluding hydrogens is 304 g/mol. The van der Waals surface area contributed by atoms with Crippen LogP contribution < -0.4 is 5.32 Å². The minimum absolute atomic E-state index is 0.190. The third-order valence-electron chi connectivity index (χ3n) is 3.20. The number of halogens is 3. The Balaban J connectivity index is 2.01. The standard InChI is InChI=1S/C13H14BrF2NO/c1-8-6-10(2-3-11(8)14)17-12(18)9-4-5-13(15,16)7-9/h2-3,6,9H,4-5,7H2,1H3,(H,17,18). The van der Waals surface area contributed by atoms with E-state index in [0.717, 1.165) is 10.0 Å². The van der Waals surface area contributed by atoms with Crippen molar-refractivity contribution >= 4 is 27.5 Å². The number of rotatable bonds is 2. The Hall–Kier alpha value is -0.970. The molecule has 1 atom stereocenters. The second-order valence-corrected chi connectivity index (χ2v) is 5.60. The van der Waals surface area contributed by atoms with Crippen LogP contribution in [-0.4, -0.2) is 11.8 Å². The van der Waals surface area contributed by atoms with Crippen molar-refractivity contribution in [1.82, 2.24) is 0 Å². The molecular formula is C13H14BrF2NO. The van der Waals surface area contributed by atoms with E-state index in [1.807, 2.05) is 19.1 Å². The largest absolute Gasteiger partial charge is 0.326 e. The normalized spacial score (nSPS) is 21.9. The number of alkyl halides is 2. The van der Waals surface area contributed by atoms with E-state index in [2.05, 4.69) is 21.2 Å². The number of hydrogen-bond acceptors (Lipinski definition) is 1. The molecule has 0 spiro atoms. The van der Waals surface area contributed by atoms with Crippen LogP contribution in [0.1, 0.15) is 24.8 Å². The Kier molecular flexibility index (Phi) is 3.71. The second-order valence-electron chi connectivity index (χ2n) is 4.75. The Morgan fingerprint density at radius 3 is 2.78 bits per heavy atom. The van der Waals surface area contributed by atoms with Gasteiger partial charge < -0.3 is 5.32 Å². The average molecular weight is 318 g/mol. The number of amides is 1. The molecule has 1 fully saturated rings. The molecule has 5 heteroatoms. The van der Waals surface area contributed by atoms with E-state index in [-0.39, 0.29) is 25.2 Å². The number of aryl methyl sites for hydroxylation is 1. The van der Waals surface area contributed by atoms with Crippen LogP contribution in [0.5, 0.6) is 0 Å². The van der Waals surface area contributed by atoms with Gasteiger partial charge in [0.15, 0.2) is 0 Å². The summed E-state index contributed by atoms with van der Waals surface area (Å²) in [5.41, 5.74) is 1.64. The minimum Gasteiger partial charge on any atom is -0.326 e.